The van der Waals surface area contributed by atoms with Gasteiger partial charge in [0.1, 0.15) is 18.6 Å². The van der Waals surface area contributed by atoms with Gasteiger partial charge in [-0.3, -0.25) is 4.79 Å². The summed E-state index contributed by atoms with van der Waals surface area (Å²) >= 11 is 0. The average molecular weight is 444 g/mol. The molecule has 4 rings (SSSR count). The van der Waals surface area contributed by atoms with Crippen LogP contribution in [0.25, 0.3) is 22.0 Å². The van der Waals surface area contributed by atoms with Crippen LogP contribution in [0.15, 0.2) is 48.8 Å². The summed E-state index contributed by atoms with van der Waals surface area (Å²) in [5.41, 5.74) is 4.10. The van der Waals surface area contributed by atoms with E-state index in [4.69, 9.17) is 10.00 Å². The number of nitriles is 1. The number of aromatic nitrogens is 2. The fourth-order valence-electron chi connectivity index (χ4n) is 4.19. The summed E-state index contributed by atoms with van der Waals surface area (Å²) in [5.74, 6) is 1.14. The minimum absolute atomic E-state index is 0.0958. The molecule has 0 saturated carbocycles. The number of hydrogen-bond acceptors (Lipinski definition) is 6. The Bertz CT molecular complexity index is 1160. The molecular weight excluding hydrogens is 414 g/mol. The molecule has 0 unspecified atom stereocenters. The molecular formula is C26H29N5O2. The van der Waals surface area contributed by atoms with Gasteiger partial charge in [0.25, 0.3) is 0 Å². The van der Waals surface area contributed by atoms with Crippen LogP contribution in [0.3, 0.4) is 0 Å². The van der Waals surface area contributed by atoms with E-state index in [2.05, 4.69) is 53.0 Å². The summed E-state index contributed by atoms with van der Waals surface area (Å²) in [6.45, 7) is 8.29. The molecule has 0 radical (unpaired) electrons. The average Bonchev–Trinajstić information content (AvgIpc) is 2.83. The zero-order valence-corrected chi connectivity index (χ0v) is 19.2. The fraction of sp³-hybridized carbons (Fsp3) is 0.385. The van der Waals surface area contributed by atoms with Crippen LogP contribution >= 0.6 is 0 Å². The fourth-order valence-corrected chi connectivity index (χ4v) is 4.19. The third kappa shape index (κ3) is 5.47. The van der Waals surface area contributed by atoms with Crippen molar-refractivity contribution in [2.45, 2.75) is 26.8 Å². The molecule has 1 aliphatic rings. The van der Waals surface area contributed by atoms with Crippen molar-refractivity contribution in [2.75, 3.05) is 37.7 Å². The summed E-state index contributed by atoms with van der Waals surface area (Å²) < 4.78 is 5.50. The Morgan fingerprint density at radius 1 is 1.15 bits per heavy atom. The van der Waals surface area contributed by atoms with Crippen molar-refractivity contribution in [2.24, 2.45) is 5.92 Å². The lowest BCUT2D eigenvalue weighted by Gasteiger charge is -2.28. The number of hydrogen-bond donors (Lipinski definition) is 0. The Hall–Kier alpha value is -3.50. The molecule has 33 heavy (non-hydrogen) atoms. The van der Waals surface area contributed by atoms with E-state index in [1.54, 1.807) is 11.2 Å². The van der Waals surface area contributed by atoms with E-state index in [0.29, 0.717) is 32.2 Å². The van der Waals surface area contributed by atoms with Crippen LogP contribution in [0.5, 0.6) is 0 Å². The maximum atomic E-state index is 12.4. The lowest BCUT2D eigenvalue weighted by Crippen LogP contribution is -2.36. The number of benzene rings is 2. The highest BCUT2D eigenvalue weighted by atomic mass is 16.5. The van der Waals surface area contributed by atoms with Gasteiger partial charge in [0.15, 0.2) is 0 Å². The van der Waals surface area contributed by atoms with Crippen LogP contribution in [0.2, 0.25) is 0 Å². The molecule has 1 saturated heterocycles. The molecule has 0 aliphatic carbocycles. The SMILES string of the molecule is CC(C)CN(Cc1cccc(-c2ccc3ncnc(N4CCOCC4)c3c2)c1)C(=O)CC#N. The Morgan fingerprint density at radius 2 is 1.94 bits per heavy atom. The molecule has 0 bridgehead atoms. The molecule has 170 valence electrons. The second-order valence-corrected chi connectivity index (χ2v) is 8.73. The number of fused-ring (bicyclic) bond motifs is 1. The normalized spacial score (nSPS) is 13.8. The van der Waals surface area contributed by atoms with E-state index in [-0.39, 0.29) is 12.3 Å². The maximum absolute atomic E-state index is 12.4. The summed E-state index contributed by atoms with van der Waals surface area (Å²) in [6, 6.07) is 16.5. The molecule has 0 atom stereocenters. The van der Waals surface area contributed by atoms with Crippen molar-refractivity contribution in [3.8, 4) is 17.2 Å². The monoisotopic (exact) mass is 443 g/mol. The number of anilines is 1. The van der Waals surface area contributed by atoms with Crippen molar-refractivity contribution in [1.29, 1.82) is 5.26 Å². The lowest BCUT2D eigenvalue weighted by atomic mass is 10.0. The second kappa shape index (κ2) is 10.4. The Labute approximate surface area is 194 Å². The number of carbonyl (C=O) groups is 1. The van der Waals surface area contributed by atoms with Crippen LogP contribution in [0.4, 0.5) is 5.82 Å². The van der Waals surface area contributed by atoms with Gasteiger partial charge in [0.2, 0.25) is 5.91 Å². The van der Waals surface area contributed by atoms with Gasteiger partial charge in [-0.05, 0) is 40.8 Å². The van der Waals surface area contributed by atoms with Crippen LogP contribution in [0.1, 0.15) is 25.8 Å². The number of carbonyl (C=O) groups excluding carboxylic acids is 1. The Balaban J connectivity index is 1.64. The van der Waals surface area contributed by atoms with Crippen LogP contribution < -0.4 is 4.90 Å². The molecule has 0 spiro atoms. The first-order valence-corrected chi connectivity index (χ1v) is 11.4. The van der Waals surface area contributed by atoms with Gasteiger partial charge in [-0.1, -0.05) is 38.1 Å². The number of amides is 1. The number of nitrogens with zero attached hydrogens (tertiary/aromatic N) is 5. The smallest absolute Gasteiger partial charge is 0.237 e. The van der Waals surface area contributed by atoms with Gasteiger partial charge in [0, 0.05) is 31.6 Å². The van der Waals surface area contributed by atoms with Crippen molar-refractivity contribution in [3.05, 3.63) is 54.4 Å². The summed E-state index contributed by atoms with van der Waals surface area (Å²) in [5, 5.41) is 9.98. The topological polar surface area (TPSA) is 82.4 Å². The number of morpholine rings is 1. The number of rotatable bonds is 7. The molecule has 1 fully saturated rings. The van der Waals surface area contributed by atoms with Crippen molar-refractivity contribution < 1.29 is 9.53 Å². The molecule has 2 heterocycles. The third-order valence-corrected chi connectivity index (χ3v) is 5.73. The highest BCUT2D eigenvalue weighted by Crippen LogP contribution is 2.29. The quantitative estimate of drug-likeness (QED) is 0.548. The van der Waals surface area contributed by atoms with Crippen molar-refractivity contribution in [3.63, 3.8) is 0 Å². The van der Waals surface area contributed by atoms with Crippen LogP contribution in [-0.4, -0.2) is 53.6 Å². The van der Waals surface area contributed by atoms with Gasteiger partial charge in [-0.15, -0.1) is 0 Å². The van der Waals surface area contributed by atoms with E-state index >= 15 is 0 Å². The highest BCUT2D eigenvalue weighted by molar-refractivity contribution is 5.93. The lowest BCUT2D eigenvalue weighted by molar-refractivity contribution is -0.131. The second-order valence-electron chi connectivity index (χ2n) is 8.73. The minimum atomic E-state index is -0.130. The maximum Gasteiger partial charge on any atom is 0.237 e. The van der Waals surface area contributed by atoms with Gasteiger partial charge < -0.3 is 14.5 Å². The van der Waals surface area contributed by atoms with Crippen LogP contribution in [0, 0.1) is 17.2 Å². The molecule has 7 nitrogen and oxygen atoms in total. The van der Waals surface area contributed by atoms with Gasteiger partial charge in [-0.2, -0.15) is 5.26 Å². The van der Waals surface area contributed by atoms with Gasteiger partial charge >= 0.3 is 0 Å². The van der Waals surface area contributed by atoms with E-state index in [1.807, 2.05) is 24.3 Å². The molecule has 7 heteroatoms. The van der Waals surface area contributed by atoms with Crippen molar-refractivity contribution in [1.82, 2.24) is 14.9 Å². The molecule has 1 aromatic heterocycles. The van der Waals surface area contributed by atoms with E-state index in [9.17, 15) is 4.79 Å². The molecule has 3 aromatic rings. The largest absolute Gasteiger partial charge is 0.378 e. The predicted molar refractivity (Wildman–Crippen MR) is 128 cm³/mol. The van der Waals surface area contributed by atoms with Gasteiger partial charge in [-0.25, -0.2) is 9.97 Å². The molecule has 1 aliphatic heterocycles. The van der Waals surface area contributed by atoms with Gasteiger partial charge in [0.05, 0.1) is 24.8 Å². The summed E-state index contributed by atoms with van der Waals surface area (Å²) in [4.78, 5) is 25.5. The minimum Gasteiger partial charge on any atom is -0.378 e. The van der Waals surface area contributed by atoms with E-state index in [0.717, 1.165) is 46.5 Å². The summed E-state index contributed by atoms with van der Waals surface area (Å²) in [6.07, 6.45) is 1.52. The predicted octanol–water partition coefficient (Wildman–Crippen LogP) is 4.03. The van der Waals surface area contributed by atoms with E-state index in [1.165, 1.54) is 0 Å². The molecule has 1 amide bonds. The van der Waals surface area contributed by atoms with E-state index < -0.39 is 0 Å². The Morgan fingerprint density at radius 3 is 2.70 bits per heavy atom. The highest BCUT2D eigenvalue weighted by Gasteiger charge is 2.17. The standard InChI is InChI=1S/C26H29N5O2/c1-19(2)16-31(25(32)8-9-27)17-20-4-3-5-21(14-20)22-6-7-24-23(15-22)26(29-18-28-24)30-10-12-33-13-11-30/h3-7,14-15,18-19H,8,10-13,16-17H2,1-2H3. The first-order valence-electron chi connectivity index (χ1n) is 11.4. The zero-order valence-electron chi connectivity index (χ0n) is 19.2. The summed E-state index contributed by atoms with van der Waals surface area (Å²) in [7, 11) is 0. The third-order valence-electron chi connectivity index (χ3n) is 5.73. The van der Waals surface area contributed by atoms with Crippen LogP contribution in [-0.2, 0) is 16.1 Å². The first kappa shape index (κ1) is 22.7. The Kier molecular flexibility index (Phi) is 7.16. The number of ether oxygens (including phenoxy) is 1. The van der Waals surface area contributed by atoms with Crippen molar-refractivity contribution >= 4 is 22.6 Å². The first-order chi connectivity index (χ1) is 16.0. The molecule has 0 N–H and O–H groups in total. The molecule has 2 aromatic carbocycles. The zero-order chi connectivity index (χ0) is 23.2.